The van der Waals surface area contributed by atoms with E-state index in [0.717, 1.165) is 19.4 Å². The van der Waals surface area contributed by atoms with Crippen molar-refractivity contribution in [2.45, 2.75) is 39.2 Å². The van der Waals surface area contributed by atoms with Crippen LogP contribution in [0.5, 0.6) is 0 Å². The van der Waals surface area contributed by atoms with Gasteiger partial charge in [-0.1, -0.05) is 6.08 Å². The summed E-state index contributed by atoms with van der Waals surface area (Å²) in [5, 5.41) is 12.2. The first-order valence-electron chi connectivity index (χ1n) is 4.98. The molecule has 0 amide bonds. The average Bonchev–Trinajstić information content (AvgIpc) is 2.01. The fraction of sp³-hybridized carbons (Fsp3) is 0.818. The van der Waals surface area contributed by atoms with Gasteiger partial charge < -0.3 is 10.4 Å². The van der Waals surface area contributed by atoms with Crippen LogP contribution in [0.3, 0.4) is 0 Å². The average molecular weight is 185 g/mol. The number of rotatable bonds is 6. The Morgan fingerprint density at radius 1 is 1.38 bits per heavy atom. The zero-order chi connectivity index (χ0) is 10.3. The van der Waals surface area contributed by atoms with E-state index in [1.807, 2.05) is 6.08 Å². The van der Waals surface area contributed by atoms with Crippen molar-refractivity contribution in [2.75, 3.05) is 13.2 Å². The molecule has 0 rings (SSSR count). The standard InChI is InChI=1S/C11H23NO/c1-5-10(7-9-13)6-8-12-11(2,3)4/h5,10,12-13H,1,6-9H2,2-4H3. The molecule has 0 spiro atoms. The van der Waals surface area contributed by atoms with E-state index in [0.29, 0.717) is 5.92 Å². The zero-order valence-corrected chi connectivity index (χ0v) is 9.14. The molecule has 78 valence electrons. The van der Waals surface area contributed by atoms with Crippen LogP contribution in [-0.4, -0.2) is 23.8 Å². The van der Waals surface area contributed by atoms with Crippen molar-refractivity contribution in [3.63, 3.8) is 0 Å². The van der Waals surface area contributed by atoms with Crippen molar-refractivity contribution in [1.29, 1.82) is 0 Å². The molecule has 0 bridgehead atoms. The van der Waals surface area contributed by atoms with Crippen molar-refractivity contribution in [3.8, 4) is 0 Å². The molecule has 0 aromatic heterocycles. The number of hydrogen-bond donors (Lipinski definition) is 2. The Morgan fingerprint density at radius 2 is 2.00 bits per heavy atom. The lowest BCUT2D eigenvalue weighted by atomic mass is 10.0. The number of aliphatic hydroxyl groups excluding tert-OH is 1. The molecular formula is C11H23NO. The molecule has 0 aromatic carbocycles. The van der Waals surface area contributed by atoms with E-state index in [1.54, 1.807) is 0 Å². The van der Waals surface area contributed by atoms with Gasteiger partial charge in [-0.25, -0.2) is 0 Å². The molecule has 0 fully saturated rings. The van der Waals surface area contributed by atoms with E-state index in [2.05, 4.69) is 32.7 Å². The zero-order valence-electron chi connectivity index (χ0n) is 9.14. The highest BCUT2D eigenvalue weighted by Crippen LogP contribution is 2.09. The van der Waals surface area contributed by atoms with Gasteiger partial charge >= 0.3 is 0 Å². The van der Waals surface area contributed by atoms with Gasteiger partial charge in [-0.05, 0) is 46.1 Å². The van der Waals surface area contributed by atoms with E-state index in [1.165, 1.54) is 0 Å². The topological polar surface area (TPSA) is 32.3 Å². The summed E-state index contributed by atoms with van der Waals surface area (Å²) < 4.78 is 0. The van der Waals surface area contributed by atoms with Gasteiger partial charge in [0, 0.05) is 12.1 Å². The first-order chi connectivity index (χ1) is 5.99. The van der Waals surface area contributed by atoms with Crippen molar-refractivity contribution in [2.24, 2.45) is 5.92 Å². The molecule has 0 radical (unpaired) electrons. The molecule has 0 aliphatic carbocycles. The number of allylic oxidation sites excluding steroid dienone is 1. The van der Waals surface area contributed by atoms with Gasteiger partial charge in [-0.2, -0.15) is 0 Å². The second kappa shape index (κ2) is 6.17. The minimum atomic E-state index is 0.185. The fourth-order valence-corrected chi connectivity index (χ4v) is 1.18. The summed E-state index contributed by atoms with van der Waals surface area (Å²) in [6.07, 6.45) is 3.82. The Morgan fingerprint density at radius 3 is 2.38 bits per heavy atom. The number of hydrogen-bond acceptors (Lipinski definition) is 2. The van der Waals surface area contributed by atoms with Crippen LogP contribution in [-0.2, 0) is 0 Å². The van der Waals surface area contributed by atoms with E-state index in [-0.39, 0.29) is 12.1 Å². The molecular weight excluding hydrogens is 162 g/mol. The maximum absolute atomic E-state index is 8.76. The highest BCUT2D eigenvalue weighted by molar-refractivity contribution is 4.80. The quantitative estimate of drug-likeness (QED) is 0.620. The lowest BCUT2D eigenvalue weighted by Gasteiger charge is -2.21. The van der Waals surface area contributed by atoms with Gasteiger partial charge in [0.25, 0.3) is 0 Å². The molecule has 2 heteroatoms. The summed E-state index contributed by atoms with van der Waals surface area (Å²) >= 11 is 0. The molecule has 0 aliphatic heterocycles. The predicted octanol–water partition coefficient (Wildman–Crippen LogP) is 1.95. The summed E-state index contributed by atoms with van der Waals surface area (Å²) in [4.78, 5) is 0. The van der Waals surface area contributed by atoms with Gasteiger partial charge in [0.1, 0.15) is 0 Å². The first-order valence-corrected chi connectivity index (χ1v) is 4.98. The molecule has 1 atom stereocenters. The SMILES string of the molecule is C=CC(CCO)CCNC(C)(C)C. The summed E-state index contributed by atoms with van der Waals surface area (Å²) in [5.41, 5.74) is 0.185. The summed E-state index contributed by atoms with van der Waals surface area (Å²) in [5.74, 6) is 0.444. The van der Waals surface area contributed by atoms with Gasteiger partial charge in [-0.3, -0.25) is 0 Å². The van der Waals surface area contributed by atoms with E-state index in [4.69, 9.17) is 5.11 Å². The minimum Gasteiger partial charge on any atom is -0.396 e. The summed E-state index contributed by atoms with van der Waals surface area (Å²) in [6.45, 7) is 11.5. The van der Waals surface area contributed by atoms with Crippen molar-refractivity contribution < 1.29 is 5.11 Å². The molecule has 1 unspecified atom stereocenters. The van der Waals surface area contributed by atoms with Crippen molar-refractivity contribution in [1.82, 2.24) is 5.32 Å². The smallest absolute Gasteiger partial charge is 0.0436 e. The van der Waals surface area contributed by atoms with E-state index in [9.17, 15) is 0 Å². The second-order valence-electron chi connectivity index (χ2n) is 4.47. The molecule has 0 heterocycles. The number of aliphatic hydroxyl groups is 1. The van der Waals surface area contributed by atoms with Crippen LogP contribution in [0.1, 0.15) is 33.6 Å². The van der Waals surface area contributed by atoms with Crippen LogP contribution in [0.4, 0.5) is 0 Å². The summed E-state index contributed by atoms with van der Waals surface area (Å²) in [6, 6.07) is 0. The second-order valence-corrected chi connectivity index (χ2v) is 4.47. The molecule has 2 N–H and O–H groups in total. The number of nitrogens with one attached hydrogen (secondary N) is 1. The first kappa shape index (κ1) is 12.7. The van der Waals surface area contributed by atoms with Gasteiger partial charge in [-0.15, -0.1) is 6.58 Å². The summed E-state index contributed by atoms with van der Waals surface area (Å²) in [7, 11) is 0. The van der Waals surface area contributed by atoms with Crippen molar-refractivity contribution >= 4 is 0 Å². The Balaban J connectivity index is 3.55. The highest BCUT2D eigenvalue weighted by atomic mass is 16.3. The fourth-order valence-electron chi connectivity index (χ4n) is 1.18. The van der Waals surface area contributed by atoms with Crippen LogP contribution in [0.15, 0.2) is 12.7 Å². The normalized spacial score (nSPS) is 14.2. The van der Waals surface area contributed by atoms with Crippen molar-refractivity contribution in [3.05, 3.63) is 12.7 Å². The molecule has 0 saturated carbocycles. The molecule has 0 saturated heterocycles. The Kier molecular flexibility index (Phi) is 6.00. The van der Waals surface area contributed by atoms with Gasteiger partial charge in [0.05, 0.1) is 0 Å². The minimum absolute atomic E-state index is 0.185. The third-order valence-corrected chi connectivity index (χ3v) is 2.00. The Hall–Kier alpha value is -0.340. The van der Waals surface area contributed by atoms with Crippen LogP contribution < -0.4 is 5.32 Å². The lowest BCUT2D eigenvalue weighted by Crippen LogP contribution is -2.37. The monoisotopic (exact) mass is 185 g/mol. The van der Waals surface area contributed by atoms with Gasteiger partial charge in [0.15, 0.2) is 0 Å². The predicted molar refractivity (Wildman–Crippen MR) is 57.8 cm³/mol. The lowest BCUT2D eigenvalue weighted by molar-refractivity contribution is 0.264. The highest BCUT2D eigenvalue weighted by Gasteiger charge is 2.09. The maximum atomic E-state index is 8.76. The van der Waals surface area contributed by atoms with E-state index >= 15 is 0 Å². The third-order valence-electron chi connectivity index (χ3n) is 2.00. The van der Waals surface area contributed by atoms with Crippen LogP contribution in [0.2, 0.25) is 0 Å². The molecule has 13 heavy (non-hydrogen) atoms. The van der Waals surface area contributed by atoms with E-state index < -0.39 is 0 Å². The Labute approximate surface area is 82.0 Å². The Bertz CT molecular complexity index is 138. The maximum Gasteiger partial charge on any atom is 0.0436 e. The molecule has 2 nitrogen and oxygen atoms in total. The van der Waals surface area contributed by atoms with Crippen LogP contribution in [0, 0.1) is 5.92 Å². The third kappa shape index (κ3) is 8.00. The largest absolute Gasteiger partial charge is 0.396 e. The molecule has 0 aromatic rings. The molecule has 0 aliphatic rings. The van der Waals surface area contributed by atoms with Crippen LogP contribution >= 0.6 is 0 Å². The van der Waals surface area contributed by atoms with Crippen LogP contribution in [0.25, 0.3) is 0 Å². The van der Waals surface area contributed by atoms with Gasteiger partial charge in [0.2, 0.25) is 0 Å².